The third kappa shape index (κ3) is 4.32. The fraction of sp³-hybridized carbons (Fsp3) is 0.571. The van der Waals surface area contributed by atoms with Crippen molar-refractivity contribution in [1.29, 1.82) is 0 Å². The highest BCUT2D eigenvalue weighted by molar-refractivity contribution is 7.89. The lowest BCUT2D eigenvalue weighted by Gasteiger charge is -2.07. The van der Waals surface area contributed by atoms with E-state index in [-0.39, 0.29) is 18.0 Å². The number of halogens is 3. The number of sulfonamides is 1. The van der Waals surface area contributed by atoms with Crippen LogP contribution in [0, 0.1) is 0 Å². The number of nitrogens with zero attached hydrogens (tertiary/aromatic N) is 2. The summed E-state index contributed by atoms with van der Waals surface area (Å²) in [4.78, 5) is -0.379. The molecule has 98 valence electrons. The quantitative estimate of drug-likeness (QED) is 0.772. The largest absolute Gasteiger partial charge is 0.402 e. The number of aliphatic hydroxyl groups is 1. The Kier molecular flexibility index (Phi) is 4.11. The molecule has 0 saturated heterocycles. The Morgan fingerprint density at radius 3 is 2.65 bits per heavy atom. The Morgan fingerprint density at radius 1 is 1.47 bits per heavy atom. The van der Waals surface area contributed by atoms with Crippen molar-refractivity contribution in [3.8, 4) is 0 Å². The molecule has 0 aromatic carbocycles. The molecule has 0 aliphatic rings. The zero-order chi connectivity index (χ0) is 13.1. The molecule has 1 rings (SSSR count). The number of hydrogen-bond acceptors (Lipinski definition) is 4. The summed E-state index contributed by atoms with van der Waals surface area (Å²) >= 11 is 0. The van der Waals surface area contributed by atoms with E-state index in [1.165, 1.54) is 4.72 Å². The first-order valence-electron chi connectivity index (χ1n) is 4.44. The van der Waals surface area contributed by atoms with Gasteiger partial charge in [-0.25, -0.2) is 13.1 Å². The maximum Gasteiger partial charge on any atom is 0.402 e. The third-order valence-electron chi connectivity index (χ3n) is 1.71. The van der Waals surface area contributed by atoms with Crippen LogP contribution in [0.3, 0.4) is 0 Å². The van der Waals surface area contributed by atoms with Crippen LogP contribution in [0.2, 0.25) is 0 Å². The van der Waals surface area contributed by atoms with Gasteiger partial charge < -0.3 is 5.11 Å². The minimum atomic E-state index is -4.62. The molecule has 0 fully saturated rings. The number of aromatic nitrogens is 2. The smallest absolute Gasteiger partial charge is 0.394 e. The summed E-state index contributed by atoms with van der Waals surface area (Å²) in [7, 11) is -4.23. The average molecular weight is 273 g/mol. The van der Waals surface area contributed by atoms with Gasteiger partial charge in [0.1, 0.15) is 11.4 Å². The first-order chi connectivity index (χ1) is 7.74. The molecule has 1 aromatic rings. The standard InChI is InChI=1S/C7H10F3N3O3S/c8-7(9,10)5-12-17(15,16)6-3-11-13(4-6)1-2-14/h3-4,12,14H,1-2,5H2. The number of aliphatic hydroxyl groups excluding tert-OH is 1. The molecule has 6 nitrogen and oxygen atoms in total. The molecule has 0 saturated carbocycles. The van der Waals surface area contributed by atoms with Gasteiger partial charge in [-0.1, -0.05) is 0 Å². The number of rotatable bonds is 5. The minimum Gasteiger partial charge on any atom is -0.394 e. The summed E-state index contributed by atoms with van der Waals surface area (Å²) in [5.41, 5.74) is 0. The highest BCUT2D eigenvalue weighted by atomic mass is 32.2. The van der Waals surface area contributed by atoms with Crippen LogP contribution in [-0.4, -0.2) is 42.6 Å². The second-order valence-electron chi connectivity index (χ2n) is 3.10. The fourth-order valence-electron chi connectivity index (χ4n) is 0.968. The Bertz CT molecular complexity index is 468. The lowest BCUT2D eigenvalue weighted by atomic mass is 10.7. The van der Waals surface area contributed by atoms with E-state index in [1.807, 2.05) is 0 Å². The molecular weight excluding hydrogens is 263 g/mol. The summed E-state index contributed by atoms with van der Waals surface area (Å²) in [6.07, 6.45) is -2.67. The molecule has 10 heteroatoms. The van der Waals surface area contributed by atoms with Gasteiger partial charge in [-0.2, -0.15) is 18.3 Å². The van der Waals surface area contributed by atoms with Crippen LogP contribution in [0.4, 0.5) is 13.2 Å². The number of nitrogens with one attached hydrogen (secondary N) is 1. The highest BCUT2D eigenvalue weighted by Gasteiger charge is 2.30. The first kappa shape index (κ1) is 13.9. The van der Waals surface area contributed by atoms with E-state index in [4.69, 9.17) is 5.11 Å². The van der Waals surface area contributed by atoms with Crippen molar-refractivity contribution in [2.24, 2.45) is 0 Å². The maximum absolute atomic E-state index is 11.8. The fourth-order valence-corrected chi connectivity index (χ4v) is 1.93. The van der Waals surface area contributed by atoms with E-state index in [0.29, 0.717) is 0 Å². The van der Waals surface area contributed by atoms with Gasteiger partial charge in [0, 0.05) is 6.20 Å². The molecule has 0 amide bonds. The van der Waals surface area contributed by atoms with Crippen LogP contribution in [0.15, 0.2) is 17.3 Å². The summed E-state index contributed by atoms with van der Waals surface area (Å²) in [5, 5.41) is 12.1. The van der Waals surface area contributed by atoms with Crippen LogP contribution in [0.1, 0.15) is 0 Å². The van der Waals surface area contributed by atoms with E-state index < -0.39 is 22.7 Å². The topological polar surface area (TPSA) is 84.2 Å². The molecule has 0 unspecified atom stereocenters. The van der Waals surface area contributed by atoms with E-state index in [9.17, 15) is 21.6 Å². The van der Waals surface area contributed by atoms with Gasteiger partial charge in [-0.3, -0.25) is 4.68 Å². The Labute approximate surface area is 95.1 Å². The molecule has 0 radical (unpaired) electrons. The van der Waals surface area contributed by atoms with E-state index in [2.05, 4.69) is 5.10 Å². The zero-order valence-electron chi connectivity index (χ0n) is 8.48. The lowest BCUT2D eigenvalue weighted by Crippen LogP contribution is -2.33. The van der Waals surface area contributed by atoms with Gasteiger partial charge in [0.2, 0.25) is 10.0 Å². The molecule has 0 aliphatic heterocycles. The molecule has 17 heavy (non-hydrogen) atoms. The zero-order valence-corrected chi connectivity index (χ0v) is 9.29. The second-order valence-corrected chi connectivity index (χ2v) is 4.87. The van der Waals surface area contributed by atoms with Crippen molar-refractivity contribution in [2.45, 2.75) is 17.6 Å². The van der Waals surface area contributed by atoms with Crippen LogP contribution in [0.5, 0.6) is 0 Å². The summed E-state index contributed by atoms with van der Waals surface area (Å²) in [6.45, 7) is -1.83. The highest BCUT2D eigenvalue weighted by Crippen LogP contribution is 2.14. The Balaban J connectivity index is 2.75. The van der Waals surface area contributed by atoms with Crippen molar-refractivity contribution >= 4 is 10.0 Å². The van der Waals surface area contributed by atoms with Crippen molar-refractivity contribution in [3.63, 3.8) is 0 Å². The van der Waals surface area contributed by atoms with Gasteiger partial charge >= 0.3 is 6.18 Å². The SMILES string of the molecule is O=S(=O)(NCC(F)(F)F)c1cnn(CCO)c1. The average Bonchev–Trinajstić information content (AvgIpc) is 2.64. The van der Waals surface area contributed by atoms with E-state index in [1.54, 1.807) is 0 Å². The van der Waals surface area contributed by atoms with Crippen LogP contribution >= 0.6 is 0 Å². The molecule has 1 heterocycles. The van der Waals surface area contributed by atoms with E-state index in [0.717, 1.165) is 17.1 Å². The third-order valence-corrected chi connectivity index (χ3v) is 3.07. The number of hydrogen-bond donors (Lipinski definition) is 2. The summed E-state index contributed by atoms with van der Waals surface area (Å²) in [6, 6.07) is 0. The molecule has 0 spiro atoms. The normalized spacial score (nSPS) is 12.9. The van der Waals surface area contributed by atoms with Crippen LogP contribution in [0.25, 0.3) is 0 Å². The van der Waals surface area contributed by atoms with Crippen molar-refractivity contribution < 1.29 is 26.7 Å². The first-order valence-corrected chi connectivity index (χ1v) is 5.93. The minimum absolute atomic E-state index is 0.0643. The van der Waals surface area contributed by atoms with Gasteiger partial charge in [0.05, 0.1) is 19.3 Å². The Hall–Kier alpha value is -1.13. The van der Waals surface area contributed by atoms with Crippen molar-refractivity contribution in [3.05, 3.63) is 12.4 Å². The lowest BCUT2D eigenvalue weighted by molar-refractivity contribution is -0.121. The summed E-state index contributed by atoms with van der Waals surface area (Å²) in [5.74, 6) is 0. The molecule has 0 atom stereocenters. The molecular formula is C7H10F3N3O3S. The van der Waals surface area contributed by atoms with Crippen molar-refractivity contribution in [2.75, 3.05) is 13.2 Å². The van der Waals surface area contributed by atoms with Crippen LogP contribution < -0.4 is 4.72 Å². The molecule has 0 bridgehead atoms. The van der Waals surface area contributed by atoms with Gasteiger partial charge in [0.25, 0.3) is 0 Å². The van der Waals surface area contributed by atoms with Crippen molar-refractivity contribution in [1.82, 2.24) is 14.5 Å². The molecule has 1 aromatic heterocycles. The monoisotopic (exact) mass is 273 g/mol. The van der Waals surface area contributed by atoms with Gasteiger partial charge in [-0.05, 0) is 0 Å². The summed E-state index contributed by atoms with van der Waals surface area (Å²) < 4.78 is 60.8. The van der Waals surface area contributed by atoms with E-state index >= 15 is 0 Å². The predicted molar refractivity (Wildman–Crippen MR) is 50.6 cm³/mol. The van der Waals surface area contributed by atoms with Crippen LogP contribution in [-0.2, 0) is 16.6 Å². The van der Waals surface area contributed by atoms with Gasteiger partial charge in [0.15, 0.2) is 0 Å². The van der Waals surface area contributed by atoms with Gasteiger partial charge in [-0.15, -0.1) is 0 Å². The predicted octanol–water partition coefficient (Wildman–Crippen LogP) is -0.284. The molecule has 2 N–H and O–H groups in total. The second kappa shape index (κ2) is 5.02. The number of alkyl halides is 3. The molecule has 0 aliphatic carbocycles. The maximum atomic E-state index is 11.8. The Morgan fingerprint density at radius 2 is 2.12 bits per heavy atom.